The van der Waals surface area contributed by atoms with Crippen LogP contribution < -0.4 is 0 Å². The summed E-state index contributed by atoms with van der Waals surface area (Å²) in [6.07, 6.45) is 4.11. The van der Waals surface area contributed by atoms with E-state index in [1.807, 2.05) is 6.92 Å². The van der Waals surface area contributed by atoms with Gasteiger partial charge in [0, 0.05) is 18.1 Å². The first kappa shape index (κ1) is 14.3. The second-order valence-corrected chi connectivity index (χ2v) is 5.99. The first-order valence-electron chi connectivity index (χ1n) is 7.21. The number of carbonyl (C=O) groups excluding carboxylic acids is 1. The Kier molecular flexibility index (Phi) is 4.13. The van der Waals surface area contributed by atoms with Crippen molar-refractivity contribution in [2.75, 3.05) is 6.54 Å². The Bertz CT molecular complexity index is 358. The van der Waals surface area contributed by atoms with Gasteiger partial charge in [-0.05, 0) is 46.5 Å². The van der Waals surface area contributed by atoms with Crippen LogP contribution in [0.15, 0.2) is 0 Å². The van der Waals surface area contributed by atoms with Crippen LogP contribution in [0.3, 0.4) is 0 Å². The summed E-state index contributed by atoms with van der Waals surface area (Å²) in [5, 5.41) is 8.95. The number of carbonyl (C=O) groups is 2. The standard InChI is InChI=1S/C14H24N2O3/c1-9-4-5-10(2)16(9)11(3)14(19)15(8-13(17)18)12-6-7-12/h9-12H,4-8H2,1-3H3,(H,17,18). The second-order valence-electron chi connectivity index (χ2n) is 5.99. The molecule has 1 aliphatic carbocycles. The van der Waals surface area contributed by atoms with Crippen LogP contribution in [-0.2, 0) is 9.59 Å². The molecule has 5 heteroatoms. The topological polar surface area (TPSA) is 60.9 Å². The molecule has 2 fully saturated rings. The van der Waals surface area contributed by atoms with E-state index in [4.69, 9.17) is 5.11 Å². The molecule has 108 valence electrons. The first-order chi connectivity index (χ1) is 8.91. The average molecular weight is 268 g/mol. The van der Waals surface area contributed by atoms with Crippen molar-refractivity contribution in [1.29, 1.82) is 0 Å². The Hall–Kier alpha value is -1.10. The van der Waals surface area contributed by atoms with Crippen LogP contribution in [0.4, 0.5) is 0 Å². The molecular formula is C14H24N2O3. The molecule has 0 aromatic carbocycles. The molecule has 0 spiro atoms. The summed E-state index contributed by atoms with van der Waals surface area (Å²) in [5.74, 6) is -0.944. The number of hydrogen-bond acceptors (Lipinski definition) is 3. The van der Waals surface area contributed by atoms with Gasteiger partial charge in [-0.15, -0.1) is 0 Å². The van der Waals surface area contributed by atoms with Crippen molar-refractivity contribution in [3.8, 4) is 0 Å². The highest BCUT2D eigenvalue weighted by Crippen LogP contribution is 2.30. The van der Waals surface area contributed by atoms with Gasteiger partial charge in [0.15, 0.2) is 0 Å². The summed E-state index contributed by atoms with van der Waals surface area (Å²) < 4.78 is 0. The summed E-state index contributed by atoms with van der Waals surface area (Å²) in [6.45, 7) is 6.04. The number of likely N-dealkylation sites (tertiary alicyclic amines) is 1. The van der Waals surface area contributed by atoms with Gasteiger partial charge in [0.2, 0.25) is 5.91 Å². The summed E-state index contributed by atoms with van der Waals surface area (Å²) in [4.78, 5) is 27.3. The van der Waals surface area contributed by atoms with Crippen LogP contribution >= 0.6 is 0 Å². The van der Waals surface area contributed by atoms with Crippen molar-refractivity contribution >= 4 is 11.9 Å². The molecule has 0 aromatic rings. The van der Waals surface area contributed by atoms with Gasteiger partial charge in [-0.3, -0.25) is 14.5 Å². The number of carboxylic acid groups (broad SMARTS) is 1. The highest BCUT2D eigenvalue weighted by atomic mass is 16.4. The lowest BCUT2D eigenvalue weighted by atomic mass is 10.2. The van der Waals surface area contributed by atoms with E-state index < -0.39 is 5.97 Å². The average Bonchev–Trinajstić information content (AvgIpc) is 3.11. The van der Waals surface area contributed by atoms with Crippen LogP contribution in [0.5, 0.6) is 0 Å². The number of nitrogens with zero attached hydrogens (tertiary/aromatic N) is 2. The van der Waals surface area contributed by atoms with Crippen molar-refractivity contribution in [2.24, 2.45) is 0 Å². The zero-order valence-corrected chi connectivity index (χ0v) is 12.0. The van der Waals surface area contributed by atoms with Gasteiger partial charge >= 0.3 is 5.97 Å². The second kappa shape index (κ2) is 5.49. The quantitative estimate of drug-likeness (QED) is 0.817. The number of carboxylic acids is 1. The lowest BCUT2D eigenvalue weighted by molar-refractivity contribution is -0.147. The molecule has 3 unspecified atom stereocenters. The maximum absolute atomic E-state index is 12.6. The number of amides is 1. The van der Waals surface area contributed by atoms with E-state index in [1.165, 1.54) is 0 Å². The fourth-order valence-electron chi connectivity index (χ4n) is 3.26. The SMILES string of the molecule is CC1CCC(C)N1C(C)C(=O)N(CC(=O)O)C1CC1. The Morgan fingerprint density at radius 2 is 1.74 bits per heavy atom. The van der Waals surface area contributed by atoms with Gasteiger partial charge in [0.05, 0.1) is 6.04 Å². The predicted molar refractivity (Wildman–Crippen MR) is 71.8 cm³/mol. The minimum absolute atomic E-state index is 0.0227. The fourth-order valence-corrected chi connectivity index (χ4v) is 3.26. The molecule has 1 saturated heterocycles. The van der Waals surface area contributed by atoms with E-state index in [0.29, 0.717) is 12.1 Å². The zero-order valence-electron chi connectivity index (χ0n) is 12.0. The van der Waals surface area contributed by atoms with Crippen LogP contribution in [-0.4, -0.2) is 57.5 Å². The van der Waals surface area contributed by atoms with E-state index in [9.17, 15) is 9.59 Å². The lowest BCUT2D eigenvalue weighted by Gasteiger charge is -2.34. The summed E-state index contributed by atoms with van der Waals surface area (Å²) >= 11 is 0. The highest BCUT2D eigenvalue weighted by molar-refractivity contribution is 5.85. The molecular weight excluding hydrogens is 244 g/mol. The molecule has 1 N–H and O–H groups in total. The maximum Gasteiger partial charge on any atom is 0.323 e. The smallest absolute Gasteiger partial charge is 0.323 e. The summed E-state index contributed by atoms with van der Waals surface area (Å²) in [6, 6.07) is 0.742. The molecule has 2 aliphatic rings. The molecule has 1 aliphatic heterocycles. The third-order valence-corrected chi connectivity index (χ3v) is 4.40. The Morgan fingerprint density at radius 1 is 1.21 bits per heavy atom. The van der Waals surface area contributed by atoms with Crippen molar-refractivity contribution in [3.63, 3.8) is 0 Å². The van der Waals surface area contributed by atoms with Crippen LogP contribution in [0.2, 0.25) is 0 Å². The normalized spacial score (nSPS) is 29.2. The van der Waals surface area contributed by atoms with Crippen molar-refractivity contribution in [3.05, 3.63) is 0 Å². The third kappa shape index (κ3) is 3.08. The molecule has 1 amide bonds. The van der Waals surface area contributed by atoms with E-state index in [1.54, 1.807) is 4.90 Å². The Labute approximate surface area is 114 Å². The first-order valence-corrected chi connectivity index (χ1v) is 7.21. The van der Waals surface area contributed by atoms with Gasteiger partial charge in [0.25, 0.3) is 0 Å². The van der Waals surface area contributed by atoms with Gasteiger partial charge in [-0.2, -0.15) is 0 Å². The highest BCUT2D eigenvalue weighted by Gasteiger charge is 2.40. The maximum atomic E-state index is 12.6. The molecule has 0 bridgehead atoms. The van der Waals surface area contributed by atoms with E-state index in [2.05, 4.69) is 18.7 Å². The molecule has 5 nitrogen and oxygen atoms in total. The van der Waals surface area contributed by atoms with Gasteiger partial charge in [0.1, 0.15) is 6.54 Å². The van der Waals surface area contributed by atoms with Crippen molar-refractivity contribution in [2.45, 2.75) is 70.6 Å². The molecule has 0 aromatic heterocycles. The Morgan fingerprint density at radius 3 is 2.16 bits per heavy atom. The van der Waals surface area contributed by atoms with Gasteiger partial charge in [-0.25, -0.2) is 0 Å². The summed E-state index contributed by atoms with van der Waals surface area (Å²) in [5.41, 5.74) is 0. The number of hydrogen-bond donors (Lipinski definition) is 1. The third-order valence-electron chi connectivity index (χ3n) is 4.40. The molecule has 2 rings (SSSR count). The molecule has 1 heterocycles. The number of aliphatic carboxylic acids is 1. The fraction of sp³-hybridized carbons (Fsp3) is 0.857. The number of rotatable bonds is 5. The van der Waals surface area contributed by atoms with Crippen molar-refractivity contribution < 1.29 is 14.7 Å². The molecule has 3 atom stereocenters. The van der Waals surface area contributed by atoms with E-state index in [-0.39, 0.29) is 24.5 Å². The monoisotopic (exact) mass is 268 g/mol. The zero-order chi connectivity index (χ0) is 14.2. The lowest BCUT2D eigenvalue weighted by Crippen LogP contribution is -2.52. The minimum atomic E-state index is -0.921. The minimum Gasteiger partial charge on any atom is -0.480 e. The van der Waals surface area contributed by atoms with Gasteiger partial charge in [-0.1, -0.05) is 0 Å². The molecule has 19 heavy (non-hydrogen) atoms. The van der Waals surface area contributed by atoms with Crippen LogP contribution in [0, 0.1) is 0 Å². The van der Waals surface area contributed by atoms with Crippen molar-refractivity contribution in [1.82, 2.24) is 9.80 Å². The van der Waals surface area contributed by atoms with Crippen LogP contribution in [0.1, 0.15) is 46.5 Å². The van der Waals surface area contributed by atoms with E-state index >= 15 is 0 Å². The Balaban J connectivity index is 2.05. The molecule has 1 saturated carbocycles. The van der Waals surface area contributed by atoms with E-state index in [0.717, 1.165) is 25.7 Å². The van der Waals surface area contributed by atoms with Gasteiger partial charge < -0.3 is 10.0 Å². The summed E-state index contributed by atoms with van der Waals surface area (Å²) in [7, 11) is 0. The van der Waals surface area contributed by atoms with Crippen LogP contribution in [0.25, 0.3) is 0 Å². The predicted octanol–water partition coefficient (Wildman–Crippen LogP) is 1.32. The molecule has 0 radical (unpaired) electrons. The largest absolute Gasteiger partial charge is 0.480 e.